The summed E-state index contributed by atoms with van der Waals surface area (Å²) in [6.07, 6.45) is 2.01. The van der Waals surface area contributed by atoms with Crippen LogP contribution in [0.15, 0.2) is 18.2 Å². The van der Waals surface area contributed by atoms with Crippen molar-refractivity contribution in [2.75, 3.05) is 18.4 Å². The normalized spacial score (nSPS) is 19.3. The van der Waals surface area contributed by atoms with Gasteiger partial charge in [-0.05, 0) is 49.5 Å². The van der Waals surface area contributed by atoms with Crippen molar-refractivity contribution in [3.05, 3.63) is 29.6 Å². The quantitative estimate of drug-likeness (QED) is 0.842. The van der Waals surface area contributed by atoms with Crippen LogP contribution < -0.4 is 10.6 Å². The molecule has 0 spiro atoms. The Morgan fingerprint density at radius 3 is 3.06 bits per heavy atom. The molecule has 4 heteroatoms. The van der Waals surface area contributed by atoms with Gasteiger partial charge < -0.3 is 10.6 Å². The molecule has 17 heavy (non-hydrogen) atoms. The summed E-state index contributed by atoms with van der Waals surface area (Å²) in [6.45, 7) is 3.48. The number of halogens is 1. The highest BCUT2D eigenvalue weighted by Gasteiger charge is 2.17. The van der Waals surface area contributed by atoms with Gasteiger partial charge in [0.15, 0.2) is 0 Å². The summed E-state index contributed by atoms with van der Waals surface area (Å²) < 4.78 is 13.1. The first kappa shape index (κ1) is 12.0. The van der Waals surface area contributed by atoms with Crippen LogP contribution in [0.3, 0.4) is 0 Å². The van der Waals surface area contributed by atoms with Gasteiger partial charge in [0.1, 0.15) is 5.82 Å². The highest BCUT2D eigenvalue weighted by Crippen LogP contribution is 2.23. The highest BCUT2D eigenvalue weighted by molar-refractivity contribution is 5.89. The maximum absolute atomic E-state index is 13.1. The van der Waals surface area contributed by atoms with Gasteiger partial charge in [-0.1, -0.05) is 6.07 Å². The molecule has 0 aliphatic carbocycles. The molecule has 0 aromatic heterocycles. The molecular weight excluding hydrogens is 219 g/mol. The molecule has 1 fully saturated rings. The fourth-order valence-electron chi connectivity index (χ4n) is 2.23. The van der Waals surface area contributed by atoms with Crippen LogP contribution in [0, 0.1) is 11.7 Å². The van der Waals surface area contributed by atoms with E-state index in [1.54, 1.807) is 6.07 Å². The third-order valence-electron chi connectivity index (χ3n) is 3.05. The van der Waals surface area contributed by atoms with Crippen LogP contribution in [0.2, 0.25) is 0 Å². The molecule has 1 aromatic carbocycles. The number of hydrogen-bond donors (Lipinski definition) is 2. The topological polar surface area (TPSA) is 41.1 Å². The van der Waals surface area contributed by atoms with Crippen LogP contribution in [0.25, 0.3) is 0 Å². The minimum Gasteiger partial charge on any atom is -0.326 e. The molecule has 1 aliphatic heterocycles. The van der Waals surface area contributed by atoms with Gasteiger partial charge in [0.25, 0.3) is 0 Å². The van der Waals surface area contributed by atoms with Crippen molar-refractivity contribution in [1.29, 1.82) is 0 Å². The number of hydrogen-bond acceptors (Lipinski definition) is 2. The van der Waals surface area contributed by atoms with E-state index in [9.17, 15) is 9.18 Å². The zero-order chi connectivity index (χ0) is 12.3. The molecule has 1 aliphatic rings. The number of amides is 1. The highest BCUT2D eigenvalue weighted by atomic mass is 19.1. The Kier molecular flexibility index (Phi) is 3.74. The third kappa shape index (κ3) is 3.27. The Balaban J connectivity index is 2.15. The summed E-state index contributed by atoms with van der Waals surface area (Å²) in [6, 6.07) is 4.60. The predicted molar refractivity (Wildman–Crippen MR) is 65.4 cm³/mol. The molecule has 0 radical (unpaired) electrons. The van der Waals surface area contributed by atoms with Crippen molar-refractivity contribution in [2.24, 2.45) is 5.92 Å². The van der Waals surface area contributed by atoms with Crippen LogP contribution in [0.4, 0.5) is 10.1 Å². The Bertz CT molecular complexity index is 414. The van der Waals surface area contributed by atoms with E-state index in [1.807, 2.05) is 0 Å². The number of carbonyl (C=O) groups is 1. The Morgan fingerprint density at radius 2 is 2.41 bits per heavy atom. The first-order valence-electron chi connectivity index (χ1n) is 5.92. The van der Waals surface area contributed by atoms with Crippen LogP contribution >= 0.6 is 0 Å². The van der Waals surface area contributed by atoms with Crippen LogP contribution in [0.5, 0.6) is 0 Å². The van der Waals surface area contributed by atoms with Crippen LogP contribution in [-0.2, 0) is 11.2 Å². The lowest BCUT2D eigenvalue weighted by Crippen LogP contribution is -2.13. The SMILES string of the molecule is CC(=O)Nc1cc(F)ccc1CC1CCNC1. The minimum atomic E-state index is -0.318. The number of anilines is 1. The number of carbonyl (C=O) groups excluding carboxylic acids is 1. The average Bonchev–Trinajstić information content (AvgIpc) is 2.74. The van der Waals surface area contributed by atoms with Crippen molar-refractivity contribution in [1.82, 2.24) is 5.32 Å². The molecule has 1 unspecified atom stereocenters. The van der Waals surface area contributed by atoms with E-state index in [4.69, 9.17) is 0 Å². The van der Waals surface area contributed by atoms with E-state index in [2.05, 4.69) is 10.6 Å². The standard InChI is InChI=1S/C13H17FN2O/c1-9(17)16-13-7-12(14)3-2-11(13)6-10-4-5-15-8-10/h2-3,7,10,15H,4-6,8H2,1H3,(H,16,17). The van der Waals surface area contributed by atoms with E-state index in [1.165, 1.54) is 19.1 Å². The first-order valence-corrected chi connectivity index (χ1v) is 5.92. The molecule has 2 N–H and O–H groups in total. The lowest BCUT2D eigenvalue weighted by atomic mass is 9.97. The van der Waals surface area contributed by atoms with E-state index in [0.29, 0.717) is 11.6 Å². The van der Waals surface area contributed by atoms with E-state index in [-0.39, 0.29) is 11.7 Å². The zero-order valence-electron chi connectivity index (χ0n) is 9.92. The van der Waals surface area contributed by atoms with Crippen molar-refractivity contribution in [3.63, 3.8) is 0 Å². The zero-order valence-corrected chi connectivity index (χ0v) is 9.92. The number of rotatable bonds is 3. The van der Waals surface area contributed by atoms with Gasteiger partial charge in [-0.25, -0.2) is 4.39 Å². The lowest BCUT2D eigenvalue weighted by Gasteiger charge is -2.13. The fourth-order valence-corrected chi connectivity index (χ4v) is 2.23. The lowest BCUT2D eigenvalue weighted by molar-refractivity contribution is -0.114. The second-order valence-electron chi connectivity index (χ2n) is 4.55. The minimum absolute atomic E-state index is 0.165. The van der Waals surface area contributed by atoms with E-state index >= 15 is 0 Å². The molecule has 3 nitrogen and oxygen atoms in total. The molecule has 92 valence electrons. The van der Waals surface area contributed by atoms with E-state index < -0.39 is 0 Å². The molecule has 1 atom stereocenters. The molecule has 1 aromatic rings. The molecular formula is C13H17FN2O. The second-order valence-corrected chi connectivity index (χ2v) is 4.55. The number of benzene rings is 1. The predicted octanol–water partition coefficient (Wildman–Crippen LogP) is 1.94. The maximum Gasteiger partial charge on any atom is 0.221 e. The van der Waals surface area contributed by atoms with Crippen molar-refractivity contribution in [3.8, 4) is 0 Å². The molecule has 0 saturated carbocycles. The van der Waals surface area contributed by atoms with Crippen molar-refractivity contribution < 1.29 is 9.18 Å². The summed E-state index contributed by atoms with van der Waals surface area (Å²) in [5.74, 6) is 0.0939. The van der Waals surface area contributed by atoms with Gasteiger partial charge >= 0.3 is 0 Å². The van der Waals surface area contributed by atoms with Crippen molar-refractivity contribution in [2.45, 2.75) is 19.8 Å². The summed E-state index contributed by atoms with van der Waals surface area (Å²) in [7, 11) is 0. The summed E-state index contributed by atoms with van der Waals surface area (Å²) >= 11 is 0. The molecule has 0 bridgehead atoms. The molecule has 1 amide bonds. The molecule has 1 saturated heterocycles. The Labute approximate surface area is 100 Å². The van der Waals surface area contributed by atoms with Gasteiger partial charge in [-0.3, -0.25) is 4.79 Å². The second kappa shape index (κ2) is 5.27. The van der Waals surface area contributed by atoms with Gasteiger partial charge in [-0.2, -0.15) is 0 Å². The smallest absolute Gasteiger partial charge is 0.221 e. The van der Waals surface area contributed by atoms with Crippen molar-refractivity contribution >= 4 is 11.6 Å². The summed E-state index contributed by atoms with van der Waals surface area (Å²) in [5.41, 5.74) is 1.61. The van der Waals surface area contributed by atoms with Gasteiger partial charge in [0, 0.05) is 12.6 Å². The largest absolute Gasteiger partial charge is 0.326 e. The average molecular weight is 236 g/mol. The van der Waals surface area contributed by atoms with Gasteiger partial charge in [-0.15, -0.1) is 0 Å². The number of nitrogens with one attached hydrogen (secondary N) is 2. The monoisotopic (exact) mass is 236 g/mol. The molecule has 1 heterocycles. The fraction of sp³-hybridized carbons (Fsp3) is 0.462. The summed E-state index contributed by atoms with van der Waals surface area (Å²) in [4.78, 5) is 11.1. The summed E-state index contributed by atoms with van der Waals surface area (Å²) in [5, 5.41) is 5.99. The Hall–Kier alpha value is -1.42. The van der Waals surface area contributed by atoms with Gasteiger partial charge in [0.2, 0.25) is 5.91 Å². The van der Waals surface area contributed by atoms with E-state index in [0.717, 1.165) is 31.5 Å². The first-order chi connectivity index (χ1) is 8.15. The third-order valence-corrected chi connectivity index (χ3v) is 3.05. The Morgan fingerprint density at radius 1 is 1.59 bits per heavy atom. The molecule has 2 rings (SSSR count). The van der Waals surface area contributed by atoms with Crippen LogP contribution in [0.1, 0.15) is 18.9 Å². The maximum atomic E-state index is 13.1. The van der Waals surface area contributed by atoms with Gasteiger partial charge in [0.05, 0.1) is 0 Å². The van der Waals surface area contributed by atoms with Crippen LogP contribution in [-0.4, -0.2) is 19.0 Å².